The summed E-state index contributed by atoms with van der Waals surface area (Å²) in [6.07, 6.45) is -4.87. The lowest BCUT2D eigenvalue weighted by Crippen LogP contribution is -2.39. The highest BCUT2D eigenvalue weighted by molar-refractivity contribution is 6.32. The van der Waals surface area contributed by atoms with Gasteiger partial charge in [0.15, 0.2) is 5.75 Å². The fourth-order valence-electron chi connectivity index (χ4n) is 2.48. The van der Waals surface area contributed by atoms with Crippen molar-refractivity contribution in [2.24, 2.45) is 0 Å². The summed E-state index contributed by atoms with van der Waals surface area (Å²) in [5, 5.41) is 2.77. The molecule has 0 aromatic heterocycles. The molecule has 0 bridgehead atoms. The van der Waals surface area contributed by atoms with Gasteiger partial charge >= 0.3 is 18.2 Å². The number of hydrogen-bond donors (Lipinski definition) is 1. The molecule has 6 nitrogen and oxygen atoms in total. The van der Waals surface area contributed by atoms with E-state index >= 15 is 0 Å². The Labute approximate surface area is 174 Å². The molecular formula is C19H17ClF4N2O4. The predicted octanol–water partition coefficient (Wildman–Crippen LogP) is 3.99. The quantitative estimate of drug-likeness (QED) is 0.394. The number of nitrogens with zero attached hydrogens (tertiary/aromatic N) is 1. The second kappa shape index (κ2) is 10.1. The molecule has 11 heteroatoms. The Morgan fingerprint density at radius 2 is 1.87 bits per heavy atom. The fraction of sp³-hybridized carbons (Fsp3) is 0.263. The average molecular weight is 449 g/mol. The second-order valence-corrected chi connectivity index (χ2v) is 6.33. The number of para-hydroxylation sites is 2. The molecule has 162 valence electrons. The van der Waals surface area contributed by atoms with Crippen LogP contribution in [0.1, 0.15) is 5.56 Å². The number of benzene rings is 2. The monoisotopic (exact) mass is 448 g/mol. The fourth-order valence-corrected chi connectivity index (χ4v) is 2.70. The highest BCUT2D eigenvalue weighted by atomic mass is 35.5. The normalized spacial score (nSPS) is 11.0. The Hall–Kier alpha value is -3.01. The van der Waals surface area contributed by atoms with Crippen molar-refractivity contribution in [1.29, 1.82) is 0 Å². The largest absolute Gasteiger partial charge is 0.573 e. The van der Waals surface area contributed by atoms with Crippen molar-refractivity contribution in [3.8, 4) is 5.75 Å². The second-order valence-electron chi connectivity index (χ2n) is 5.92. The Balaban J connectivity index is 2.12. The van der Waals surface area contributed by atoms with Crippen LogP contribution in [-0.2, 0) is 20.9 Å². The Kier molecular flexibility index (Phi) is 7.87. The zero-order chi connectivity index (χ0) is 22.3. The Morgan fingerprint density at radius 3 is 2.50 bits per heavy atom. The van der Waals surface area contributed by atoms with Gasteiger partial charge in [-0.05, 0) is 29.8 Å². The maximum Gasteiger partial charge on any atom is 0.573 e. The molecule has 0 saturated carbocycles. The lowest BCUT2D eigenvalue weighted by atomic mass is 10.2. The third-order valence-corrected chi connectivity index (χ3v) is 4.19. The van der Waals surface area contributed by atoms with E-state index in [0.717, 1.165) is 30.2 Å². The van der Waals surface area contributed by atoms with Gasteiger partial charge in [-0.15, -0.1) is 13.2 Å². The van der Waals surface area contributed by atoms with E-state index in [1.165, 1.54) is 24.3 Å². The predicted molar refractivity (Wildman–Crippen MR) is 100 cm³/mol. The van der Waals surface area contributed by atoms with Crippen LogP contribution >= 0.6 is 11.6 Å². The van der Waals surface area contributed by atoms with Crippen LogP contribution in [0, 0.1) is 5.82 Å². The topological polar surface area (TPSA) is 67.9 Å². The molecule has 0 unspecified atom stereocenters. The lowest BCUT2D eigenvalue weighted by molar-refractivity contribution is -0.274. The molecule has 2 rings (SSSR count). The van der Waals surface area contributed by atoms with Crippen molar-refractivity contribution >= 4 is 29.2 Å². The van der Waals surface area contributed by atoms with Gasteiger partial charge in [0, 0.05) is 24.7 Å². The number of anilines is 1. The number of rotatable bonds is 7. The number of esters is 1. The first-order valence-electron chi connectivity index (χ1n) is 8.50. The number of hydrogen-bond acceptors (Lipinski definition) is 5. The van der Waals surface area contributed by atoms with Crippen LogP contribution in [0.15, 0.2) is 42.5 Å². The van der Waals surface area contributed by atoms with E-state index in [1.54, 1.807) is 0 Å². The van der Waals surface area contributed by atoms with E-state index in [0.29, 0.717) is 5.56 Å². The molecule has 0 radical (unpaired) electrons. The van der Waals surface area contributed by atoms with E-state index in [4.69, 9.17) is 11.6 Å². The third-order valence-electron chi connectivity index (χ3n) is 3.83. The van der Waals surface area contributed by atoms with E-state index < -0.39 is 29.8 Å². The first-order chi connectivity index (χ1) is 14.1. The highest BCUT2D eigenvalue weighted by Crippen LogP contribution is 2.29. The van der Waals surface area contributed by atoms with Gasteiger partial charge in [-0.3, -0.25) is 4.79 Å². The van der Waals surface area contributed by atoms with Crippen molar-refractivity contribution in [2.45, 2.75) is 12.9 Å². The van der Waals surface area contributed by atoms with Crippen LogP contribution in [0.3, 0.4) is 0 Å². The van der Waals surface area contributed by atoms with E-state index in [1.807, 2.05) is 0 Å². The molecule has 0 aliphatic rings. The van der Waals surface area contributed by atoms with Gasteiger partial charge < -0.3 is 19.7 Å². The first kappa shape index (κ1) is 23.3. The third kappa shape index (κ3) is 6.80. The molecule has 2 aromatic carbocycles. The SMILES string of the molecule is COC(=O)C(=O)N(CCNc1ccccc1OC(F)(F)F)Cc1ccc(F)cc1Cl. The van der Waals surface area contributed by atoms with Gasteiger partial charge in [0.05, 0.1) is 12.8 Å². The van der Waals surface area contributed by atoms with Gasteiger partial charge in [-0.25, -0.2) is 9.18 Å². The van der Waals surface area contributed by atoms with Gasteiger partial charge in [-0.2, -0.15) is 0 Å². The van der Waals surface area contributed by atoms with Crippen molar-refractivity contribution in [2.75, 3.05) is 25.5 Å². The van der Waals surface area contributed by atoms with E-state index in [9.17, 15) is 27.2 Å². The number of amides is 1. The maximum absolute atomic E-state index is 13.2. The van der Waals surface area contributed by atoms with Crippen molar-refractivity contribution in [3.63, 3.8) is 0 Å². The molecule has 0 atom stereocenters. The number of carbonyl (C=O) groups is 2. The molecule has 0 spiro atoms. The summed E-state index contributed by atoms with van der Waals surface area (Å²) >= 11 is 5.97. The smallest absolute Gasteiger partial charge is 0.462 e. The van der Waals surface area contributed by atoms with Crippen LogP contribution in [0.4, 0.5) is 23.2 Å². The van der Waals surface area contributed by atoms with Gasteiger partial charge in [-0.1, -0.05) is 29.8 Å². The van der Waals surface area contributed by atoms with Crippen molar-refractivity contribution in [3.05, 3.63) is 58.9 Å². The van der Waals surface area contributed by atoms with Crippen LogP contribution in [0.25, 0.3) is 0 Å². The Morgan fingerprint density at radius 1 is 1.17 bits per heavy atom. The number of alkyl halides is 3. The minimum atomic E-state index is -4.87. The molecule has 0 saturated heterocycles. The first-order valence-corrected chi connectivity index (χ1v) is 8.88. The summed E-state index contributed by atoms with van der Waals surface area (Å²) in [7, 11) is 1.03. The zero-order valence-corrected chi connectivity index (χ0v) is 16.4. The molecule has 0 aliphatic heterocycles. The lowest BCUT2D eigenvalue weighted by Gasteiger charge is -2.23. The summed E-state index contributed by atoms with van der Waals surface area (Å²) in [5.41, 5.74) is 0.413. The van der Waals surface area contributed by atoms with E-state index in [-0.39, 0.29) is 30.3 Å². The van der Waals surface area contributed by atoms with Crippen molar-refractivity contribution in [1.82, 2.24) is 4.90 Å². The van der Waals surface area contributed by atoms with Crippen LogP contribution in [0.2, 0.25) is 5.02 Å². The van der Waals surface area contributed by atoms with Gasteiger partial charge in [0.2, 0.25) is 0 Å². The Bertz CT molecular complexity index is 908. The van der Waals surface area contributed by atoms with Crippen LogP contribution < -0.4 is 10.1 Å². The zero-order valence-electron chi connectivity index (χ0n) is 15.6. The minimum absolute atomic E-state index is 0.0280. The van der Waals surface area contributed by atoms with Gasteiger partial charge in [0.25, 0.3) is 0 Å². The molecular weight excluding hydrogens is 432 g/mol. The standard InChI is InChI=1S/C19H17ClF4N2O4/c1-29-18(28)17(27)26(11-12-6-7-13(21)10-14(12)20)9-8-25-15-4-2-3-5-16(15)30-19(22,23)24/h2-7,10,25H,8-9,11H2,1H3. The summed E-state index contributed by atoms with van der Waals surface area (Å²) in [6, 6.07) is 8.92. The highest BCUT2D eigenvalue weighted by Gasteiger charge is 2.32. The molecule has 0 fully saturated rings. The number of nitrogens with one attached hydrogen (secondary N) is 1. The van der Waals surface area contributed by atoms with E-state index in [2.05, 4.69) is 14.8 Å². The number of methoxy groups -OCH3 is 1. The maximum atomic E-state index is 13.2. The van der Waals surface area contributed by atoms with Crippen LogP contribution in [0.5, 0.6) is 5.75 Å². The van der Waals surface area contributed by atoms with Crippen LogP contribution in [-0.4, -0.2) is 43.3 Å². The molecule has 2 aromatic rings. The van der Waals surface area contributed by atoms with Crippen molar-refractivity contribution < 1.29 is 36.6 Å². The average Bonchev–Trinajstić information content (AvgIpc) is 2.67. The summed E-state index contributed by atoms with van der Waals surface area (Å²) in [5.74, 6) is -3.14. The molecule has 1 amide bonds. The molecule has 1 N–H and O–H groups in total. The summed E-state index contributed by atoms with van der Waals surface area (Å²) < 4.78 is 59.2. The number of ether oxygens (including phenoxy) is 2. The number of carbonyl (C=O) groups excluding carboxylic acids is 2. The minimum Gasteiger partial charge on any atom is -0.462 e. The molecule has 30 heavy (non-hydrogen) atoms. The summed E-state index contributed by atoms with van der Waals surface area (Å²) in [4.78, 5) is 25.0. The number of halogens is 5. The molecule has 0 heterocycles. The molecule has 0 aliphatic carbocycles. The van der Waals surface area contributed by atoms with Gasteiger partial charge in [0.1, 0.15) is 5.82 Å². The summed E-state index contributed by atoms with van der Waals surface area (Å²) in [6.45, 7) is -0.267.